The van der Waals surface area contributed by atoms with Gasteiger partial charge in [0.25, 0.3) is 11.6 Å². The fourth-order valence-corrected chi connectivity index (χ4v) is 4.77. The number of nitrogens with zero attached hydrogens (tertiary/aromatic N) is 3. The molecule has 1 fully saturated rings. The molecule has 1 aromatic heterocycles. The number of nitrogens with one attached hydrogen (secondary N) is 1. The second-order valence-electron chi connectivity index (χ2n) is 9.22. The van der Waals surface area contributed by atoms with Gasteiger partial charge in [-0.15, -0.1) is 0 Å². The average molecular weight is 575 g/mol. The van der Waals surface area contributed by atoms with Crippen LogP contribution in [0.15, 0.2) is 89.4 Å². The third-order valence-corrected chi connectivity index (χ3v) is 6.86. The zero-order valence-corrected chi connectivity index (χ0v) is 22.4. The summed E-state index contributed by atoms with van der Waals surface area (Å²) in [5, 5.41) is 14.6. The maximum atomic E-state index is 14.1. The summed E-state index contributed by atoms with van der Waals surface area (Å²) < 4.78 is 19.8. The second kappa shape index (κ2) is 12.1. The number of furan rings is 1. The number of anilines is 2. The number of hydrogen-bond acceptors (Lipinski definition) is 6. The van der Waals surface area contributed by atoms with Crippen LogP contribution in [0.2, 0.25) is 5.02 Å². The Labute approximate surface area is 239 Å². The molecule has 0 aliphatic carbocycles. The standard InChI is InChI=1S/C30H24ClFN4O5/c31-20-9-12-27(34-15-17-35(18-16-34)30(38)22-5-1-3-7-24(22)32)25(19-20)33-29(37)14-11-21-10-13-28(41-21)23-6-2-4-8-26(23)36(39)40/h1-14,19H,15-18H2,(H,33,37)/b14-11+. The summed E-state index contributed by atoms with van der Waals surface area (Å²) in [5.74, 6) is -0.703. The molecule has 1 aliphatic rings. The molecular weight excluding hydrogens is 551 g/mol. The predicted molar refractivity (Wildman–Crippen MR) is 154 cm³/mol. The van der Waals surface area contributed by atoms with E-state index in [4.69, 9.17) is 16.0 Å². The zero-order valence-electron chi connectivity index (χ0n) is 21.6. The van der Waals surface area contributed by atoms with Crippen molar-refractivity contribution in [3.05, 3.63) is 117 Å². The highest BCUT2D eigenvalue weighted by molar-refractivity contribution is 6.31. The summed E-state index contributed by atoms with van der Waals surface area (Å²) >= 11 is 6.22. The van der Waals surface area contributed by atoms with Crippen LogP contribution in [0, 0.1) is 15.9 Å². The molecule has 1 N–H and O–H groups in total. The lowest BCUT2D eigenvalue weighted by atomic mass is 10.1. The highest BCUT2D eigenvalue weighted by Gasteiger charge is 2.25. The number of carbonyl (C=O) groups excluding carboxylic acids is 2. The normalized spacial score (nSPS) is 13.4. The number of nitro benzene ring substituents is 1. The first-order valence-corrected chi connectivity index (χ1v) is 13.1. The van der Waals surface area contributed by atoms with Crippen LogP contribution in [0.25, 0.3) is 17.4 Å². The van der Waals surface area contributed by atoms with E-state index < -0.39 is 16.6 Å². The van der Waals surface area contributed by atoms with E-state index >= 15 is 0 Å². The molecule has 2 heterocycles. The zero-order chi connectivity index (χ0) is 28.9. The molecule has 5 rings (SSSR count). The van der Waals surface area contributed by atoms with Gasteiger partial charge in [-0.2, -0.15) is 0 Å². The van der Waals surface area contributed by atoms with Crippen LogP contribution >= 0.6 is 11.6 Å². The van der Waals surface area contributed by atoms with E-state index in [9.17, 15) is 24.1 Å². The molecule has 0 unspecified atom stereocenters. The van der Waals surface area contributed by atoms with E-state index in [0.717, 1.165) is 5.69 Å². The Hall–Kier alpha value is -4.96. The van der Waals surface area contributed by atoms with Crippen molar-refractivity contribution >= 4 is 46.6 Å². The van der Waals surface area contributed by atoms with Crippen LogP contribution in [0.4, 0.5) is 21.5 Å². The van der Waals surface area contributed by atoms with Crippen LogP contribution in [0.1, 0.15) is 16.1 Å². The maximum absolute atomic E-state index is 14.1. The van der Waals surface area contributed by atoms with Gasteiger partial charge >= 0.3 is 0 Å². The molecule has 0 bridgehead atoms. The molecule has 1 aliphatic heterocycles. The van der Waals surface area contributed by atoms with Crippen molar-refractivity contribution in [1.29, 1.82) is 0 Å². The van der Waals surface area contributed by atoms with Gasteiger partial charge in [-0.25, -0.2) is 4.39 Å². The van der Waals surface area contributed by atoms with Crippen molar-refractivity contribution < 1.29 is 23.3 Å². The lowest BCUT2D eigenvalue weighted by Gasteiger charge is -2.37. The van der Waals surface area contributed by atoms with Gasteiger partial charge < -0.3 is 19.5 Å². The third-order valence-electron chi connectivity index (χ3n) is 6.62. The highest BCUT2D eigenvalue weighted by Crippen LogP contribution is 2.32. The fraction of sp³-hybridized carbons (Fsp3) is 0.133. The summed E-state index contributed by atoms with van der Waals surface area (Å²) in [6.45, 7) is 1.70. The monoisotopic (exact) mass is 574 g/mol. The van der Waals surface area contributed by atoms with Crippen LogP contribution in [0.5, 0.6) is 0 Å². The minimum Gasteiger partial charge on any atom is -0.456 e. The molecule has 2 amide bonds. The molecule has 3 aromatic carbocycles. The maximum Gasteiger partial charge on any atom is 0.280 e. The number of halogens is 2. The minimum absolute atomic E-state index is 0.0397. The van der Waals surface area contributed by atoms with Crippen LogP contribution in [-0.4, -0.2) is 47.8 Å². The minimum atomic E-state index is -0.553. The molecule has 41 heavy (non-hydrogen) atoms. The van der Waals surface area contributed by atoms with E-state index in [-0.39, 0.29) is 17.2 Å². The average Bonchev–Trinajstić information content (AvgIpc) is 3.45. The molecule has 0 spiro atoms. The number of para-hydroxylation sites is 1. The number of piperazine rings is 1. The molecule has 11 heteroatoms. The lowest BCUT2D eigenvalue weighted by molar-refractivity contribution is -0.384. The van der Waals surface area contributed by atoms with Crippen molar-refractivity contribution in [2.45, 2.75) is 0 Å². The Balaban J connectivity index is 1.25. The molecule has 9 nitrogen and oxygen atoms in total. The Bertz CT molecular complexity index is 1650. The number of amides is 2. The van der Waals surface area contributed by atoms with Crippen molar-refractivity contribution in [2.75, 3.05) is 36.4 Å². The number of benzene rings is 3. The van der Waals surface area contributed by atoms with Gasteiger partial charge in [0, 0.05) is 43.3 Å². The van der Waals surface area contributed by atoms with E-state index in [2.05, 4.69) is 5.32 Å². The molecule has 0 atom stereocenters. The SMILES string of the molecule is O=C(/C=C/c1ccc(-c2ccccc2[N+](=O)[O-])o1)Nc1cc(Cl)ccc1N1CCN(C(=O)c2ccccc2F)CC1. The molecule has 208 valence electrons. The predicted octanol–water partition coefficient (Wildman–Crippen LogP) is 6.26. The topological polar surface area (TPSA) is 109 Å². The fourth-order valence-electron chi connectivity index (χ4n) is 4.60. The van der Waals surface area contributed by atoms with Gasteiger partial charge in [0.1, 0.15) is 17.3 Å². The molecule has 4 aromatic rings. The van der Waals surface area contributed by atoms with Gasteiger partial charge in [0.15, 0.2) is 0 Å². The smallest absolute Gasteiger partial charge is 0.280 e. The number of nitro groups is 1. The van der Waals surface area contributed by atoms with Crippen molar-refractivity contribution in [3.8, 4) is 11.3 Å². The Morgan fingerprint density at radius 1 is 0.976 bits per heavy atom. The van der Waals surface area contributed by atoms with Gasteiger partial charge in [-0.3, -0.25) is 19.7 Å². The summed E-state index contributed by atoms with van der Waals surface area (Å²) in [4.78, 5) is 40.1. The summed E-state index contributed by atoms with van der Waals surface area (Å²) in [6.07, 6.45) is 2.75. The van der Waals surface area contributed by atoms with E-state index in [0.29, 0.717) is 54.0 Å². The summed E-state index contributed by atoms with van der Waals surface area (Å²) in [5.41, 5.74) is 1.51. The van der Waals surface area contributed by atoms with Gasteiger partial charge in [-0.1, -0.05) is 35.9 Å². The first-order chi connectivity index (χ1) is 19.8. The summed E-state index contributed by atoms with van der Waals surface area (Å²) in [6, 6.07) is 20.5. The van der Waals surface area contributed by atoms with Crippen LogP contribution in [0.3, 0.4) is 0 Å². The number of carbonyl (C=O) groups is 2. The molecule has 0 saturated carbocycles. The number of rotatable bonds is 7. The van der Waals surface area contributed by atoms with E-state index in [1.54, 1.807) is 65.6 Å². The van der Waals surface area contributed by atoms with E-state index in [1.165, 1.54) is 30.4 Å². The lowest BCUT2D eigenvalue weighted by Crippen LogP contribution is -2.49. The third kappa shape index (κ3) is 6.28. The Kier molecular flexibility index (Phi) is 8.11. The Morgan fingerprint density at radius 3 is 2.46 bits per heavy atom. The van der Waals surface area contributed by atoms with Gasteiger partial charge in [0.05, 0.1) is 27.4 Å². The largest absolute Gasteiger partial charge is 0.456 e. The molecule has 0 radical (unpaired) electrons. The number of hydrogen-bond donors (Lipinski definition) is 1. The highest BCUT2D eigenvalue weighted by atomic mass is 35.5. The summed E-state index contributed by atoms with van der Waals surface area (Å²) in [7, 11) is 0. The van der Waals surface area contributed by atoms with Crippen molar-refractivity contribution in [2.24, 2.45) is 0 Å². The molecule has 1 saturated heterocycles. The Morgan fingerprint density at radius 2 is 1.71 bits per heavy atom. The first kappa shape index (κ1) is 27.6. The quantitative estimate of drug-likeness (QED) is 0.158. The van der Waals surface area contributed by atoms with Gasteiger partial charge in [0.2, 0.25) is 5.91 Å². The van der Waals surface area contributed by atoms with Crippen molar-refractivity contribution in [1.82, 2.24) is 4.90 Å². The first-order valence-electron chi connectivity index (χ1n) is 12.7. The van der Waals surface area contributed by atoms with Crippen LogP contribution in [-0.2, 0) is 4.79 Å². The van der Waals surface area contributed by atoms with Crippen molar-refractivity contribution in [3.63, 3.8) is 0 Å². The van der Waals surface area contributed by atoms with E-state index in [1.807, 2.05) is 4.90 Å². The molecular formula is C30H24ClFN4O5. The van der Waals surface area contributed by atoms with Crippen LogP contribution < -0.4 is 10.2 Å². The second-order valence-corrected chi connectivity index (χ2v) is 9.66. The van der Waals surface area contributed by atoms with Gasteiger partial charge in [-0.05, 0) is 54.6 Å².